The van der Waals surface area contributed by atoms with E-state index in [1.807, 2.05) is 0 Å². The van der Waals surface area contributed by atoms with Gasteiger partial charge in [-0.15, -0.1) is 0 Å². The number of rotatable bonds is 5. The van der Waals surface area contributed by atoms with Crippen molar-refractivity contribution in [3.63, 3.8) is 0 Å². The van der Waals surface area contributed by atoms with E-state index in [-0.39, 0.29) is 23.2 Å². The molecule has 1 aromatic carbocycles. The van der Waals surface area contributed by atoms with E-state index >= 15 is 0 Å². The van der Waals surface area contributed by atoms with Gasteiger partial charge in [-0.1, -0.05) is 0 Å². The van der Waals surface area contributed by atoms with Gasteiger partial charge in [0.15, 0.2) is 5.82 Å². The predicted molar refractivity (Wildman–Crippen MR) is 71.3 cm³/mol. The second-order valence-corrected chi connectivity index (χ2v) is 6.09. The fourth-order valence-corrected chi connectivity index (χ4v) is 3.00. The lowest BCUT2D eigenvalue weighted by atomic mass is 10.3. The number of amides is 2. The minimum atomic E-state index is -4.06. The number of urea groups is 1. The molecule has 106 valence electrons. The Bertz CT molecular complexity index is 593. The van der Waals surface area contributed by atoms with Gasteiger partial charge in [-0.25, -0.2) is 22.3 Å². The first-order valence-corrected chi connectivity index (χ1v) is 7.29. The van der Waals surface area contributed by atoms with Crippen LogP contribution in [-0.2, 0) is 10.0 Å². The highest BCUT2D eigenvalue weighted by Gasteiger charge is 2.21. The monoisotopic (exact) mass is 354 g/mol. The zero-order chi connectivity index (χ0) is 14.6. The minimum absolute atomic E-state index is 0.0142. The summed E-state index contributed by atoms with van der Waals surface area (Å²) in [4.78, 5) is 9.82. The molecule has 0 spiro atoms. The Hall–Kier alpha value is -1.39. The van der Waals surface area contributed by atoms with Crippen LogP contribution in [0.4, 0.5) is 14.9 Å². The Kier molecular flexibility index (Phi) is 5.09. The maximum atomic E-state index is 13.7. The summed E-state index contributed by atoms with van der Waals surface area (Å²) in [5.74, 6) is -0.940. The third-order valence-corrected chi connectivity index (χ3v) is 4.06. The number of benzene rings is 1. The summed E-state index contributed by atoms with van der Waals surface area (Å²) in [5, 5.41) is 2.19. The Morgan fingerprint density at radius 2 is 2.00 bits per heavy atom. The number of hydrogen-bond acceptors (Lipinski definition) is 4. The number of primary amides is 1. The van der Waals surface area contributed by atoms with E-state index in [4.69, 9.17) is 11.5 Å². The maximum absolute atomic E-state index is 13.7. The molecule has 0 heterocycles. The van der Waals surface area contributed by atoms with Crippen LogP contribution in [0.5, 0.6) is 0 Å². The average Bonchev–Trinajstić information content (AvgIpc) is 2.29. The van der Waals surface area contributed by atoms with Crippen molar-refractivity contribution in [3.8, 4) is 0 Å². The Morgan fingerprint density at radius 1 is 1.37 bits per heavy atom. The summed E-state index contributed by atoms with van der Waals surface area (Å²) in [5.41, 5.74) is 10.4. The molecule has 0 fully saturated rings. The van der Waals surface area contributed by atoms with Crippen molar-refractivity contribution in [1.82, 2.24) is 10.0 Å². The Labute approximate surface area is 117 Å². The molecular weight excluding hydrogens is 343 g/mol. The van der Waals surface area contributed by atoms with E-state index in [0.717, 1.165) is 6.07 Å². The van der Waals surface area contributed by atoms with Crippen LogP contribution in [0, 0.1) is 5.82 Å². The number of sulfonamides is 1. The molecule has 0 unspecified atom stereocenters. The quantitative estimate of drug-likeness (QED) is 0.442. The highest BCUT2D eigenvalue weighted by Crippen LogP contribution is 2.25. The highest BCUT2D eigenvalue weighted by atomic mass is 79.9. The van der Waals surface area contributed by atoms with Crippen LogP contribution in [0.1, 0.15) is 0 Å². The standard InChI is InChI=1S/C9H12BrFN4O3S/c10-6-3-5(12)4-7(8(6)11)19(17,18)15-2-1-14-9(13)16/h3-4,15H,1-2,12H2,(H3,13,14,16). The van der Waals surface area contributed by atoms with Crippen molar-refractivity contribution in [2.24, 2.45) is 5.73 Å². The summed E-state index contributed by atoms with van der Waals surface area (Å²) >= 11 is 2.87. The lowest BCUT2D eigenvalue weighted by Crippen LogP contribution is -2.37. The van der Waals surface area contributed by atoms with Gasteiger partial charge >= 0.3 is 6.03 Å². The van der Waals surface area contributed by atoms with Crippen molar-refractivity contribution in [2.75, 3.05) is 18.8 Å². The molecule has 19 heavy (non-hydrogen) atoms. The molecule has 0 saturated heterocycles. The second kappa shape index (κ2) is 6.17. The molecule has 7 nitrogen and oxygen atoms in total. The summed E-state index contributed by atoms with van der Waals surface area (Å²) in [6.07, 6.45) is 0. The molecule has 0 radical (unpaired) electrons. The van der Waals surface area contributed by atoms with Crippen molar-refractivity contribution >= 4 is 37.7 Å². The van der Waals surface area contributed by atoms with E-state index < -0.39 is 26.8 Å². The lowest BCUT2D eigenvalue weighted by molar-refractivity contribution is 0.249. The van der Waals surface area contributed by atoms with Gasteiger partial charge < -0.3 is 16.8 Å². The number of carbonyl (C=O) groups excluding carboxylic acids is 1. The normalized spacial score (nSPS) is 11.3. The molecule has 0 bridgehead atoms. The maximum Gasteiger partial charge on any atom is 0.312 e. The molecule has 0 atom stereocenters. The van der Waals surface area contributed by atoms with Crippen LogP contribution < -0.4 is 21.5 Å². The molecule has 0 aliphatic carbocycles. The fraction of sp³-hybridized carbons (Fsp3) is 0.222. The van der Waals surface area contributed by atoms with E-state index in [9.17, 15) is 17.6 Å². The SMILES string of the molecule is NC(=O)NCCNS(=O)(=O)c1cc(N)cc(Br)c1F. The smallest absolute Gasteiger partial charge is 0.312 e. The van der Waals surface area contributed by atoms with Gasteiger partial charge in [0.1, 0.15) is 4.90 Å². The van der Waals surface area contributed by atoms with Crippen molar-refractivity contribution in [2.45, 2.75) is 4.90 Å². The molecule has 10 heteroatoms. The summed E-state index contributed by atoms with van der Waals surface area (Å²) < 4.78 is 39.4. The molecule has 1 aromatic rings. The number of nitrogens with two attached hydrogens (primary N) is 2. The number of hydrogen-bond donors (Lipinski definition) is 4. The van der Waals surface area contributed by atoms with Crippen LogP contribution in [0.25, 0.3) is 0 Å². The number of carbonyl (C=O) groups is 1. The molecule has 0 saturated carbocycles. The third-order valence-electron chi connectivity index (χ3n) is 2.02. The highest BCUT2D eigenvalue weighted by molar-refractivity contribution is 9.10. The van der Waals surface area contributed by atoms with E-state index in [0.29, 0.717) is 0 Å². The van der Waals surface area contributed by atoms with Gasteiger partial charge in [0.05, 0.1) is 4.47 Å². The average molecular weight is 355 g/mol. The topological polar surface area (TPSA) is 127 Å². The van der Waals surface area contributed by atoms with Crippen LogP contribution in [0.2, 0.25) is 0 Å². The first kappa shape index (κ1) is 15.7. The van der Waals surface area contributed by atoms with Crippen LogP contribution in [0.15, 0.2) is 21.5 Å². The fourth-order valence-electron chi connectivity index (χ4n) is 1.23. The predicted octanol–water partition coefficient (Wildman–Crippen LogP) is 0.117. The minimum Gasteiger partial charge on any atom is -0.399 e. The molecule has 6 N–H and O–H groups in total. The van der Waals surface area contributed by atoms with Crippen LogP contribution in [0.3, 0.4) is 0 Å². The number of nitrogens with one attached hydrogen (secondary N) is 2. The molecule has 1 rings (SSSR count). The Balaban J connectivity index is 2.86. The van der Waals surface area contributed by atoms with E-state index in [1.165, 1.54) is 6.07 Å². The van der Waals surface area contributed by atoms with Crippen LogP contribution in [-0.4, -0.2) is 27.5 Å². The van der Waals surface area contributed by atoms with Crippen molar-refractivity contribution < 1.29 is 17.6 Å². The molecule has 0 aliphatic heterocycles. The Morgan fingerprint density at radius 3 is 2.58 bits per heavy atom. The molecular formula is C9H12BrFN4O3S. The third kappa shape index (κ3) is 4.33. The van der Waals surface area contributed by atoms with Gasteiger partial charge in [0.2, 0.25) is 10.0 Å². The van der Waals surface area contributed by atoms with Gasteiger partial charge in [-0.05, 0) is 28.1 Å². The van der Waals surface area contributed by atoms with Crippen molar-refractivity contribution in [1.29, 1.82) is 0 Å². The van der Waals surface area contributed by atoms with Gasteiger partial charge in [-0.3, -0.25) is 0 Å². The number of nitrogen functional groups attached to an aromatic ring is 1. The first-order chi connectivity index (χ1) is 8.74. The van der Waals surface area contributed by atoms with Gasteiger partial charge in [0.25, 0.3) is 0 Å². The van der Waals surface area contributed by atoms with Crippen LogP contribution >= 0.6 is 15.9 Å². The van der Waals surface area contributed by atoms with E-state index in [1.54, 1.807) is 0 Å². The zero-order valence-electron chi connectivity index (χ0n) is 9.61. The number of halogens is 2. The molecule has 2 amide bonds. The van der Waals surface area contributed by atoms with E-state index in [2.05, 4.69) is 26.0 Å². The molecule has 0 aromatic heterocycles. The summed E-state index contributed by atoms with van der Waals surface area (Å²) in [7, 11) is -4.06. The second-order valence-electron chi connectivity index (χ2n) is 3.50. The lowest BCUT2D eigenvalue weighted by Gasteiger charge is -2.09. The van der Waals surface area contributed by atoms with Gasteiger partial charge in [0, 0.05) is 18.8 Å². The summed E-state index contributed by atoms with van der Waals surface area (Å²) in [6, 6.07) is 1.48. The largest absolute Gasteiger partial charge is 0.399 e. The zero-order valence-corrected chi connectivity index (χ0v) is 12.0. The molecule has 0 aliphatic rings. The van der Waals surface area contributed by atoms with Crippen molar-refractivity contribution in [3.05, 3.63) is 22.4 Å². The number of anilines is 1. The first-order valence-electron chi connectivity index (χ1n) is 5.01. The summed E-state index contributed by atoms with van der Waals surface area (Å²) in [6.45, 7) is -0.142. The van der Waals surface area contributed by atoms with Gasteiger partial charge in [-0.2, -0.15) is 0 Å².